The Hall–Kier alpha value is -2.69. The van der Waals surface area contributed by atoms with E-state index >= 15 is 0 Å². The molecule has 1 saturated carbocycles. The zero-order valence-electron chi connectivity index (χ0n) is 17.6. The van der Waals surface area contributed by atoms with E-state index in [1.165, 1.54) is 24.0 Å². The summed E-state index contributed by atoms with van der Waals surface area (Å²) in [7, 11) is 0. The normalized spacial score (nSPS) is 17.0. The van der Waals surface area contributed by atoms with Crippen LogP contribution in [-0.2, 0) is 17.6 Å². The van der Waals surface area contributed by atoms with Crippen molar-refractivity contribution < 1.29 is 9.59 Å². The molecule has 1 aromatic heterocycles. The van der Waals surface area contributed by atoms with Crippen molar-refractivity contribution in [2.45, 2.75) is 44.9 Å². The highest BCUT2D eigenvalue weighted by Gasteiger charge is 2.24. The lowest BCUT2D eigenvalue weighted by atomic mass is 9.89. The number of hydrogen-bond acceptors (Lipinski definition) is 3. The van der Waals surface area contributed by atoms with Crippen LogP contribution in [0.5, 0.6) is 0 Å². The molecule has 1 saturated heterocycles. The summed E-state index contributed by atoms with van der Waals surface area (Å²) in [4.78, 5) is 30.4. The molecule has 2 heterocycles. The zero-order valence-corrected chi connectivity index (χ0v) is 17.6. The highest BCUT2D eigenvalue weighted by atomic mass is 16.2. The Morgan fingerprint density at radius 1 is 0.967 bits per heavy atom. The molecule has 2 amide bonds. The summed E-state index contributed by atoms with van der Waals surface area (Å²) in [6.07, 6.45) is 10.4. The molecule has 4 rings (SSSR count). The molecule has 2 aromatic rings. The number of hydrogen-bond donors (Lipinski definition) is 1. The number of carbonyl (C=O) groups excluding carboxylic acids is 2. The SMILES string of the molecule is O=C(CCc1ccc(CC2CCN(C(=O)c3cccnc3)CC2)cc1)NCC1CC1. The van der Waals surface area contributed by atoms with Gasteiger partial charge in [-0.2, -0.15) is 0 Å². The molecule has 2 fully saturated rings. The lowest BCUT2D eigenvalue weighted by molar-refractivity contribution is -0.121. The number of piperidine rings is 1. The number of nitrogens with zero attached hydrogens (tertiary/aromatic N) is 2. The maximum Gasteiger partial charge on any atom is 0.255 e. The second-order valence-electron chi connectivity index (χ2n) is 8.75. The fourth-order valence-electron chi connectivity index (χ4n) is 4.11. The van der Waals surface area contributed by atoms with Crippen LogP contribution >= 0.6 is 0 Å². The number of aromatic nitrogens is 1. The van der Waals surface area contributed by atoms with Crippen LogP contribution in [0.1, 0.15) is 53.6 Å². The second-order valence-corrected chi connectivity index (χ2v) is 8.75. The lowest BCUT2D eigenvalue weighted by Crippen LogP contribution is -2.38. The number of nitrogens with one attached hydrogen (secondary N) is 1. The summed E-state index contributed by atoms with van der Waals surface area (Å²) in [6, 6.07) is 12.4. The largest absolute Gasteiger partial charge is 0.356 e. The van der Waals surface area contributed by atoms with Gasteiger partial charge in [0.2, 0.25) is 5.91 Å². The molecule has 5 nitrogen and oxygen atoms in total. The first-order valence-corrected chi connectivity index (χ1v) is 11.2. The number of benzene rings is 1. The Balaban J connectivity index is 1.18. The Morgan fingerprint density at radius 3 is 2.37 bits per heavy atom. The maximum atomic E-state index is 12.5. The molecule has 1 aromatic carbocycles. The third kappa shape index (κ3) is 5.91. The van der Waals surface area contributed by atoms with Crippen LogP contribution in [-0.4, -0.2) is 41.3 Å². The number of likely N-dealkylation sites (tertiary alicyclic amines) is 1. The van der Waals surface area contributed by atoms with Crippen LogP contribution in [0.25, 0.3) is 0 Å². The van der Waals surface area contributed by atoms with Crippen molar-refractivity contribution in [1.29, 1.82) is 0 Å². The van der Waals surface area contributed by atoms with E-state index in [4.69, 9.17) is 0 Å². The van der Waals surface area contributed by atoms with Crippen LogP contribution in [0.4, 0.5) is 0 Å². The average Bonchev–Trinajstić information content (AvgIpc) is 3.62. The van der Waals surface area contributed by atoms with Gasteiger partial charge in [-0.15, -0.1) is 0 Å². The smallest absolute Gasteiger partial charge is 0.255 e. The molecule has 158 valence electrons. The summed E-state index contributed by atoms with van der Waals surface area (Å²) in [6.45, 7) is 2.48. The first-order valence-electron chi connectivity index (χ1n) is 11.2. The van der Waals surface area contributed by atoms with Crippen LogP contribution in [0.3, 0.4) is 0 Å². The maximum absolute atomic E-state index is 12.5. The average molecular weight is 406 g/mol. The molecule has 30 heavy (non-hydrogen) atoms. The van der Waals surface area contributed by atoms with E-state index < -0.39 is 0 Å². The van der Waals surface area contributed by atoms with Gasteiger partial charge < -0.3 is 10.2 Å². The van der Waals surface area contributed by atoms with Crippen LogP contribution in [0, 0.1) is 11.8 Å². The van der Waals surface area contributed by atoms with Gasteiger partial charge in [-0.05, 0) is 73.6 Å². The van der Waals surface area contributed by atoms with Crippen molar-refractivity contribution in [3.8, 4) is 0 Å². The highest BCUT2D eigenvalue weighted by Crippen LogP contribution is 2.27. The predicted molar refractivity (Wildman–Crippen MR) is 117 cm³/mol. The van der Waals surface area contributed by atoms with Crippen molar-refractivity contribution in [1.82, 2.24) is 15.2 Å². The van der Waals surface area contributed by atoms with Gasteiger partial charge in [-0.3, -0.25) is 14.6 Å². The van der Waals surface area contributed by atoms with Gasteiger partial charge in [0.15, 0.2) is 0 Å². The summed E-state index contributed by atoms with van der Waals surface area (Å²) in [5.41, 5.74) is 3.24. The molecular formula is C25H31N3O2. The van der Waals surface area contributed by atoms with Crippen molar-refractivity contribution in [3.05, 3.63) is 65.5 Å². The quantitative estimate of drug-likeness (QED) is 0.729. The van der Waals surface area contributed by atoms with Gasteiger partial charge >= 0.3 is 0 Å². The predicted octanol–water partition coefficient (Wildman–Crippen LogP) is 3.64. The first kappa shape index (κ1) is 20.6. The molecule has 0 unspecified atom stereocenters. The van der Waals surface area contributed by atoms with E-state index in [2.05, 4.69) is 34.6 Å². The third-order valence-corrected chi connectivity index (χ3v) is 6.28. The van der Waals surface area contributed by atoms with Gasteiger partial charge in [0.1, 0.15) is 0 Å². The molecule has 1 aliphatic heterocycles. The van der Waals surface area contributed by atoms with E-state index in [-0.39, 0.29) is 11.8 Å². The molecule has 1 aliphatic carbocycles. The van der Waals surface area contributed by atoms with Gasteiger partial charge in [0.25, 0.3) is 5.91 Å². The fraction of sp³-hybridized carbons (Fsp3) is 0.480. The van der Waals surface area contributed by atoms with Crippen molar-refractivity contribution in [2.75, 3.05) is 19.6 Å². The molecule has 5 heteroatoms. The van der Waals surface area contributed by atoms with Crippen molar-refractivity contribution in [2.24, 2.45) is 11.8 Å². The van der Waals surface area contributed by atoms with E-state index in [0.717, 1.165) is 51.2 Å². The monoisotopic (exact) mass is 405 g/mol. The van der Waals surface area contributed by atoms with E-state index in [0.29, 0.717) is 17.9 Å². The van der Waals surface area contributed by atoms with E-state index in [1.807, 2.05) is 17.0 Å². The number of carbonyl (C=O) groups is 2. The minimum absolute atomic E-state index is 0.0899. The zero-order chi connectivity index (χ0) is 20.8. The second kappa shape index (κ2) is 9.88. The first-order chi connectivity index (χ1) is 14.7. The highest BCUT2D eigenvalue weighted by molar-refractivity contribution is 5.93. The number of aryl methyl sites for hydroxylation is 1. The van der Waals surface area contributed by atoms with Crippen molar-refractivity contribution >= 4 is 11.8 Å². The summed E-state index contributed by atoms with van der Waals surface area (Å²) >= 11 is 0. The standard InChI is InChI=1S/C25H31N3O2/c29-24(27-17-22-7-8-22)10-9-19-3-5-20(6-4-19)16-21-11-14-28(15-12-21)25(30)23-2-1-13-26-18-23/h1-6,13,18,21-22H,7-12,14-17H2,(H,27,29). The lowest BCUT2D eigenvalue weighted by Gasteiger charge is -2.32. The molecule has 2 aliphatic rings. The Labute approximate surface area is 178 Å². The van der Waals surface area contributed by atoms with E-state index in [9.17, 15) is 9.59 Å². The van der Waals surface area contributed by atoms with Crippen molar-refractivity contribution in [3.63, 3.8) is 0 Å². The molecule has 0 radical (unpaired) electrons. The van der Waals surface area contributed by atoms with Crippen LogP contribution in [0.2, 0.25) is 0 Å². The van der Waals surface area contributed by atoms with Gasteiger partial charge in [0.05, 0.1) is 5.56 Å². The Morgan fingerprint density at radius 2 is 1.70 bits per heavy atom. The van der Waals surface area contributed by atoms with Gasteiger partial charge in [-0.1, -0.05) is 24.3 Å². The molecule has 0 spiro atoms. The third-order valence-electron chi connectivity index (χ3n) is 6.28. The summed E-state index contributed by atoms with van der Waals surface area (Å²) in [5, 5.41) is 3.03. The molecule has 0 bridgehead atoms. The Bertz CT molecular complexity index is 838. The fourth-order valence-corrected chi connectivity index (χ4v) is 4.11. The number of rotatable bonds is 8. The number of amides is 2. The minimum Gasteiger partial charge on any atom is -0.356 e. The van der Waals surface area contributed by atoms with Gasteiger partial charge in [0, 0.05) is 38.4 Å². The van der Waals surface area contributed by atoms with Crippen LogP contribution in [0.15, 0.2) is 48.8 Å². The van der Waals surface area contributed by atoms with E-state index in [1.54, 1.807) is 12.4 Å². The Kier molecular flexibility index (Phi) is 6.77. The number of pyridine rings is 1. The minimum atomic E-state index is 0.0899. The molecule has 1 N–H and O–H groups in total. The van der Waals surface area contributed by atoms with Gasteiger partial charge in [-0.25, -0.2) is 0 Å². The molecular weight excluding hydrogens is 374 g/mol. The topological polar surface area (TPSA) is 62.3 Å². The summed E-state index contributed by atoms with van der Waals surface area (Å²) < 4.78 is 0. The summed E-state index contributed by atoms with van der Waals surface area (Å²) in [5.74, 6) is 1.60. The molecule has 0 atom stereocenters. The van der Waals surface area contributed by atoms with Crippen LogP contribution < -0.4 is 5.32 Å².